The van der Waals surface area contributed by atoms with Gasteiger partial charge in [0.15, 0.2) is 0 Å². The number of rotatable bonds is 1. The minimum Gasteiger partial charge on any atom is -0.207 e. The largest absolute Gasteiger partial charge is 0.207 e. The fourth-order valence-corrected chi connectivity index (χ4v) is 2.67. The van der Waals surface area contributed by atoms with Crippen LogP contribution in [0.2, 0.25) is 0 Å². The van der Waals surface area contributed by atoms with E-state index < -0.39 is 0 Å². The molecule has 0 N–H and O–H groups in total. The van der Waals surface area contributed by atoms with Crippen molar-refractivity contribution in [3.8, 4) is 0 Å². The molecule has 0 atom stereocenters. The second-order valence-electron chi connectivity index (χ2n) is 6.93. The van der Waals surface area contributed by atoms with Crippen LogP contribution in [0.25, 0.3) is 0 Å². The van der Waals surface area contributed by atoms with E-state index in [1.165, 1.54) is 5.57 Å². The summed E-state index contributed by atoms with van der Waals surface area (Å²) in [4.78, 5) is 0. The maximum Gasteiger partial charge on any atom is 0.123 e. The monoisotopic (exact) mass is 270 g/mol. The van der Waals surface area contributed by atoms with E-state index in [1.54, 1.807) is 12.2 Å². The highest BCUT2D eigenvalue weighted by molar-refractivity contribution is 5.53. The maximum atomic E-state index is 13.8. The summed E-state index contributed by atoms with van der Waals surface area (Å²) in [6.45, 7) is 10.6. The van der Waals surface area contributed by atoms with Gasteiger partial charge in [-0.3, -0.25) is 0 Å². The Morgan fingerprint density at radius 3 is 2.15 bits per heavy atom. The number of allylic oxidation sites excluding steroid dienone is 12. The number of hydrogen-bond acceptors (Lipinski definition) is 0. The highest BCUT2D eigenvalue weighted by atomic mass is 19.1. The third-order valence-corrected chi connectivity index (χ3v) is 3.48. The number of halogens is 1. The molecule has 2 aliphatic carbocycles. The minimum atomic E-state index is -0.192. The van der Waals surface area contributed by atoms with Crippen molar-refractivity contribution in [2.45, 2.75) is 34.6 Å². The molecule has 0 amide bonds. The van der Waals surface area contributed by atoms with Crippen LogP contribution in [0.3, 0.4) is 0 Å². The van der Waals surface area contributed by atoms with E-state index in [9.17, 15) is 4.39 Å². The van der Waals surface area contributed by atoms with Crippen molar-refractivity contribution in [1.29, 1.82) is 0 Å². The molecule has 0 aliphatic heterocycles. The molecule has 0 heterocycles. The summed E-state index contributed by atoms with van der Waals surface area (Å²) in [5, 5.41) is 0. The third kappa shape index (κ3) is 3.69. The SMILES string of the molecule is CC1=CC(C)(C)C=C(C2=CC(C)(C)C=CC(F)=C2)C=C1. The first kappa shape index (κ1) is 14.8. The van der Waals surface area contributed by atoms with Crippen LogP contribution in [-0.4, -0.2) is 0 Å². The Morgan fingerprint density at radius 1 is 0.800 bits per heavy atom. The van der Waals surface area contributed by atoms with Crippen molar-refractivity contribution in [2.24, 2.45) is 10.8 Å². The molecule has 0 radical (unpaired) electrons. The molecule has 0 spiro atoms. The van der Waals surface area contributed by atoms with Crippen LogP contribution < -0.4 is 0 Å². The first-order valence-electron chi connectivity index (χ1n) is 7.07. The smallest absolute Gasteiger partial charge is 0.123 e. The van der Waals surface area contributed by atoms with Gasteiger partial charge in [-0.1, -0.05) is 69.7 Å². The molecule has 2 aliphatic rings. The van der Waals surface area contributed by atoms with Crippen molar-refractivity contribution >= 4 is 0 Å². The van der Waals surface area contributed by atoms with Crippen molar-refractivity contribution in [2.75, 3.05) is 0 Å². The topological polar surface area (TPSA) is 0 Å². The van der Waals surface area contributed by atoms with E-state index in [4.69, 9.17) is 0 Å². The lowest BCUT2D eigenvalue weighted by atomic mass is 9.86. The Labute approximate surface area is 121 Å². The fraction of sp³-hybridized carbons (Fsp3) is 0.368. The lowest BCUT2D eigenvalue weighted by Gasteiger charge is -2.19. The van der Waals surface area contributed by atoms with Crippen molar-refractivity contribution < 1.29 is 4.39 Å². The molecule has 0 aromatic carbocycles. The Bertz CT molecular complexity index is 587. The predicted molar refractivity (Wildman–Crippen MR) is 85.0 cm³/mol. The summed E-state index contributed by atoms with van der Waals surface area (Å²) in [6, 6.07) is 0. The van der Waals surface area contributed by atoms with Gasteiger partial charge in [0.05, 0.1) is 0 Å². The van der Waals surface area contributed by atoms with E-state index >= 15 is 0 Å². The van der Waals surface area contributed by atoms with Crippen molar-refractivity contribution in [3.05, 3.63) is 71.2 Å². The molecule has 0 saturated heterocycles. The second kappa shape index (κ2) is 5.05. The van der Waals surface area contributed by atoms with Gasteiger partial charge >= 0.3 is 0 Å². The average Bonchev–Trinajstić information content (AvgIpc) is 2.51. The Hall–Kier alpha value is -1.63. The molecule has 0 unspecified atom stereocenters. The van der Waals surface area contributed by atoms with Crippen LogP contribution >= 0.6 is 0 Å². The summed E-state index contributed by atoms with van der Waals surface area (Å²) in [6.07, 6.45) is 15.8. The van der Waals surface area contributed by atoms with Gasteiger partial charge in [0.1, 0.15) is 5.83 Å². The lowest BCUT2D eigenvalue weighted by molar-refractivity contribution is 0.614. The van der Waals surface area contributed by atoms with Gasteiger partial charge < -0.3 is 0 Å². The highest BCUT2D eigenvalue weighted by Crippen LogP contribution is 2.34. The van der Waals surface area contributed by atoms with Gasteiger partial charge in [0.2, 0.25) is 0 Å². The quantitative estimate of drug-likeness (QED) is 0.562. The molecule has 0 nitrogen and oxygen atoms in total. The molecule has 106 valence electrons. The average molecular weight is 270 g/mol. The van der Waals surface area contributed by atoms with Crippen molar-refractivity contribution in [1.82, 2.24) is 0 Å². The fourth-order valence-electron chi connectivity index (χ4n) is 2.67. The van der Waals surface area contributed by atoms with Crippen LogP contribution in [0.5, 0.6) is 0 Å². The Morgan fingerprint density at radius 2 is 1.45 bits per heavy atom. The zero-order valence-corrected chi connectivity index (χ0v) is 13.0. The summed E-state index contributed by atoms with van der Waals surface area (Å²) < 4.78 is 13.8. The van der Waals surface area contributed by atoms with Gasteiger partial charge in [-0.05, 0) is 30.2 Å². The zero-order valence-electron chi connectivity index (χ0n) is 13.0. The highest BCUT2D eigenvalue weighted by Gasteiger charge is 2.19. The second-order valence-corrected chi connectivity index (χ2v) is 6.93. The molecule has 0 bridgehead atoms. The normalized spacial score (nSPS) is 24.1. The van der Waals surface area contributed by atoms with Gasteiger partial charge in [-0.15, -0.1) is 0 Å². The Kier molecular flexibility index (Phi) is 3.73. The molecule has 1 heteroatoms. The van der Waals surface area contributed by atoms with Crippen LogP contribution in [0.4, 0.5) is 4.39 Å². The molecule has 0 saturated carbocycles. The summed E-state index contributed by atoms with van der Waals surface area (Å²) in [5.74, 6) is -0.192. The standard InChI is InChI=1S/C19H23F/c1-14-6-7-15(12-19(4,5)11-14)16-10-17(20)8-9-18(2,3)13-16/h6-13H,1-5H3. The Balaban J connectivity index is 2.51. The van der Waals surface area contributed by atoms with E-state index in [0.29, 0.717) is 0 Å². The van der Waals surface area contributed by atoms with E-state index in [-0.39, 0.29) is 16.7 Å². The van der Waals surface area contributed by atoms with E-state index in [2.05, 4.69) is 65.0 Å². The van der Waals surface area contributed by atoms with E-state index in [0.717, 1.165) is 11.1 Å². The van der Waals surface area contributed by atoms with Gasteiger partial charge in [0, 0.05) is 10.8 Å². The molecule has 2 rings (SSSR count). The minimum absolute atomic E-state index is 0.0298. The zero-order chi connectivity index (χ0) is 15.0. The predicted octanol–water partition coefficient (Wildman–Crippen LogP) is 5.83. The molecule has 20 heavy (non-hydrogen) atoms. The van der Waals surface area contributed by atoms with Gasteiger partial charge in [-0.25, -0.2) is 4.39 Å². The third-order valence-electron chi connectivity index (χ3n) is 3.48. The maximum absolute atomic E-state index is 13.8. The molecular formula is C19H23F. The first-order chi connectivity index (χ1) is 9.17. The summed E-state index contributed by atoms with van der Waals surface area (Å²) >= 11 is 0. The van der Waals surface area contributed by atoms with E-state index in [1.807, 2.05) is 6.08 Å². The molecule has 0 aromatic heterocycles. The van der Waals surface area contributed by atoms with Gasteiger partial charge in [0.25, 0.3) is 0 Å². The number of hydrogen-bond donors (Lipinski definition) is 0. The lowest BCUT2D eigenvalue weighted by Crippen LogP contribution is -2.06. The molecule has 0 aromatic rings. The van der Waals surface area contributed by atoms with Gasteiger partial charge in [-0.2, -0.15) is 0 Å². The van der Waals surface area contributed by atoms with Crippen LogP contribution in [0, 0.1) is 10.8 Å². The molecule has 0 fully saturated rings. The first-order valence-corrected chi connectivity index (χ1v) is 7.07. The van der Waals surface area contributed by atoms with Crippen LogP contribution in [-0.2, 0) is 0 Å². The van der Waals surface area contributed by atoms with Crippen LogP contribution in [0.1, 0.15) is 34.6 Å². The van der Waals surface area contributed by atoms with Crippen LogP contribution in [0.15, 0.2) is 71.2 Å². The van der Waals surface area contributed by atoms with Crippen molar-refractivity contribution in [3.63, 3.8) is 0 Å². The summed E-state index contributed by atoms with van der Waals surface area (Å²) in [7, 11) is 0. The molecular weight excluding hydrogens is 247 g/mol. The summed E-state index contributed by atoms with van der Waals surface area (Å²) in [5.41, 5.74) is 3.09.